The van der Waals surface area contributed by atoms with Crippen LogP contribution < -0.4 is 10.5 Å². The minimum absolute atomic E-state index is 0.0820. The first-order valence-electron chi connectivity index (χ1n) is 10.9. The van der Waals surface area contributed by atoms with Crippen molar-refractivity contribution < 1.29 is 4.92 Å². The summed E-state index contributed by atoms with van der Waals surface area (Å²) in [7, 11) is 0. The third kappa shape index (κ3) is 3.96. The van der Waals surface area contributed by atoms with Gasteiger partial charge in [-0.15, -0.1) is 0 Å². The van der Waals surface area contributed by atoms with Crippen molar-refractivity contribution in [1.29, 1.82) is 0 Å². The molecule has 1 N–H and O–H groups in total. The Labute approximate surface area is 190 Å². The largest absolute Gasteiger partial charge is 0.361 e. The standard InChI is InChI=1S/C25H23N5O3/c31-25-24(30(32)33)23(21-20(27-25)12-7-13-26-21)29-16-14-28(15-17-29)22(18-8-3-1-4-9-18)19-10-5-2-6-11-19/h1-13,22H,14-17H2,(H,27,31). The molecule has 2 aromatic heterocycles. The lowest BCUT2D eigenvalue weighted by Crippen LogP contribution is -2.48. The summed E-state index contributed by atoms with van der Waals surface area (Å²) < 4.78 is 0. The normalized spacial score (nSPS) is 14.6. The van der Waals surface area contributed by atoms with Crippen LogP contribution in [-0.4, -0.2) is 46.0 Å². The molecule has 166 valence electrons. The quantitative estimate of drug-likeness (QED) is 0.374. The average molecular weight is 441 g/mol. The van der Waals surface area contributed by atoms with Crippen LogP contribution in [0.25, 0.3) is 11.0 Å². The number of anilines is 1. The Morgan fingerprint density at radius 2 is 1.48 bits per heavy atom. The van der Waals surface area contributed by atoms with Crippen molar-refractivity contribution in [2.45, 2.75) is 6.04 Å². The van der Waals surface area contributed by atoms with Gasteiger partial charge in [0.2, 0.25) is 0 Å². The number of fused-ring (bicyclic) bond motifs is 1. The molecule has 0 atom stereocenters. The molecule has 2 aromatic carbocycles. The molecule has 1 fully saturated rings. The Bertz CT molecular complexity index is 1290. The number of hydrogen-bond acceptors (Lipinski definition) is 6. The van der Waals surface area contributed by atoms with Gasteiger partial charge in [0.25, 0.3) is 0 Å². The Morgan fingerprint density at radius 1 is 0.879 bits per heavy atom. The maximum absolute atomic E-state index is 12.5. The lowest BCUT2D eigenvalue weighted by Gasteiger charge is -2.40. The predicted octanol–water partition coefficient (Wildman–Crippen LogP) is 3.74. The average Bonchev–Trinajstić information content (AvgIpc) is 2.85. The maximum atomic E-state index is 12.5. The summed E-state index contributed by atoms with van der Waals surface area (Å²) in [6.07, 6.45) is 1.59. The van der Waals surface area contributed by atoms with E-state index in [2.05, 4.69) is 39.1 Å². The van der Waals surface area contributed by atoms with Crippen LogP contribution in [0.4, 0.5) is 11.4 Å². The van der Waals surface area contributed by atoms with E-state index in [0.717, 1.165) is 0 Å². The van der Waals surface area contributed by atoms with Gasteiger partial charge < -0.3 is 9.88 Å². The third-order valence-corrected chi connectivity index (χ3v) is 6.13. The van der Waals surface area contributed by atoms with Gasteiger partial charge in [0.1, 0.15) is 11.2 Å². The van der Waals surface area contributed by atoms with E-state index < -0.39 is 16.2 Å². The van der Waals surface area contributed by atoms with Crippen LogP contribution in [0, 0.1) is 10.1 Å². The summed E-state index contributed by atoms with van der Waals surface area (Å²) in [6, 6.07) is 24.2. The molecule has 0 radical (unpaired) electrons. The molecule has 0 unspecified atom stereocenters. The Kier molecular flexibility index (Phi) is 5.58. The van der Waals surface area contributed by atoms with Crippen LogP contribution in [0.15, 0.2) is 83.8 Å². The molecular weight excluding hydrogens is 418 g/mol. The number of benzene rings is 2. The van der Waals surface area contributed by atoms with E-state index >= 15 is 0 Å². The van der Waals surface area contributed by atoms with E-state index in [1.165, 1.54) is 11.1 Å². The number of H-pyrrole nitrogens is 1. The number of nitrogens with one attached hydrogen (secondary N) is 1. The van der Waals surface area contributed by atoms with Gasteiger partial charge in [0.15, 0.2) is 0 Å². The zero-order valence-corrected chi connectivity index (χ0v) is 17.9. The molecule has 1 saturated heterocycles. The molecule has 0 aliphatic carbocycles. The molecule has 4 aromatic rings. The van der Waals surface area contributed by atoms with Gasteiger partial charge in [0.05, 0.1) is 16.5 Å². The molecule has 0 amide bonds. The Hall–Kier alpha value is -4.04. The van der Waals surface area contributed by atoms with Gasteiger partial charge in [-0.25, -0.2) is 0 Å². The number of piperazine rings is 1. The van der Waals surface area contributed by atoms with E-state index in [4.69, 9.17) is 0 Å². The highest BCUT2D eigenvalue weighted by atomic mass is 16.6. The second-order valence-electron chi connectivity index (χ2n) is 8.05. The first-order valence-corrected chi connectivity index (χ1v) is 10.9. The number of aromatic amines is 1. The summed E-state index contributed by atoms with van der Waals surface area (Å²) in [5.74, 6) is 0. The summed E-state index contributed by atoms with van der Waals surface area (Å²) >= 11 is 0. The minimum atomic E-state index is -0.704. The summed E-state index contributed by atoms with van der Waals surface area (Å²) in [6.45, 7) is 2.47. The van der Waals surface area contributed by atoms with Gasteiger partial charge in [-0.3, -0.25) is 24.8 Å². The molecule has 3 heterocycles. The van der Waals surface area contributed by atoms with Crippen LogP contribution in [-0.2, 0) is 0 Å². The molecule has 0 saturated carbocycles. The van der Waals surface area contributed by atoms with Crippen molar-refractivity contribution in [3.05, 3.63) is 111 Å². The predicted molar refractivity (Wildman–Crippen MR) is 128 cm³/mol. The van der Waals surface area contributed by atoms with E-state index in [0.29, 0.717) is 42.9 Å². The first kappa shape index (κ1) is 20.8. The summed E-state index contributed by atoms with van der Waals surface area (Å²) in [5.41, 5.74) is 2.49. The lowest BCUT2D eigenvalue weighted by atomic mass is 9.96. The van der Waals surface area contributed by atoms with Gasteiger partial charge in [0, 0.05) is 32.4 Å². The van der Waals surface area contributed by atoms with Crippen LogP contribution in [0.5, 0.6) is 0 Å². The molecule has 8 nitrogen and oxygen atoms in total. The number of rotatable bonds is 5. The summed E-state index contributed by atoms with van der Waals surface area (Å²) in [5, 5.41) is 11.8. The highest BCUT2D eigenvalue weighted by Crippen LogP contribution is 2.34. The third-order valence-electron chi connectivity index (χ3n) is 6.13. The van der Waals surface area contributed by atoms with E-state index in [9.17, 15) is 14.9 Å². The molecule has 8 heteroatoms. The van der Waals surface area contributed by atoms with Gasteiger partial charge >= 0.3 is 11.2 Å². The van der Waals surface area contributed by atoms with Gasteiger partial charge in [-0.2, -0.15) is 0 Å². The molecule has 1 aliphatic rings. The highest BCUT2D eigenvalue weighted by molar-refractivity contribution is 5.93. The fraction of sp³-hybridized carbons (Fsp3) is 0.200. The van der Waals surface area contributed by atoms with Crippen molar-refractivity contribution in [3.8, 4) is 0 Å². The lowest BCUT2D eigenvalue weighted by molar-refractivity contribution is -0.385. The van der Waals surface area contributed by atoms with Crippen LogP contribution in [0.2, 0.25) is 0 Å². The number of hydrogen-bond donors (Lipinski definition) is 1. The van der Waals surface area contributed by atoms with E-state index in [-0.39, 0.29) is 6.04 Å². The number of nitrogens with zero attached hydrogens (tertiary/aromatic N) is 4. The number of aromatic nitrogens is 2. The van der Waals surface area contributed by atoms with Crippen molar-refractivity contribution in [2.24, 2.45) is 0 Å². The second kappa shape index (κ2) is 8.84. The molecular formula is C25H23N5O3. The highest BCUT2D eigenvalue weighted by Gasteiger charge is 2.32. The van der Waals surface area contributed by atoms with Gasteiger partial charge in [-0.05, 0) is 23.3 Å². The zero-order chi connectivity index (χ0) is 22.8. The fourth-order valence-corrected chi connectivity index (χ4v) is 4.65. The topological polar surface area (TPSA) is 95.4 Å². The number of pyridine rings is 2. The monoisotopic (exact) mass is 441 g/mol. The minimum Gasteiger partial charge on any atom is -0.361 e. The van der Waals surface area contributed by atoms with Crippen molar-refractivity contribution in [3.63, 3.8) is 0 Å². The Morgan fingerprint density at radius 3 is 2.06 bits per heavy atom. The molecule has 0 bridgehead atoms. The van der Waals surface area contributed by atoms with Gasteiger partial charge in [-0.1, -0.05) is 60.7 Å². The first-order chi connectivity index (χ1) is 16.1. The molecule has 33 heavy (non-hydrogen) atoms. The van der Waals surface area contributed by atoms with Crippen LogP contribution >= 0.6 is 0 Å². The molecule has 1 aliphatic heterocycles. The second-order valence-corrected chi connectivity index (χ2v) is 8.05. The van der Waals surface area contributed by atoms with Crippen LogP contribution in [0.1, 0.15) is 17.2 Å². The Balaban J connectivity index is 1.49. The zero-order valence-electron chi connectivity index (χ0n) is 17.9. The molecule has 5 rings (SSSR count). The fourth-order valence-electron chi connectivity index (χ4n) is 4.65. The van der Waals surface area contributed by atoms with Crippen LogP contribution in [0.3, 0.4) is 0 Å². The number of nitro groups is 1. The SMILES string of the molecule is O=c1[nH]c2cccnc2c(N2CCN(C(c3ccccc3)c3ccccc3)CC2)c1[N+](=O)[O-]. The van der Waals surface area contributed by atoms with Crippen molar-refractivity contribution in [1.82, 2.24) is 14.9 Å². The van der Waals surface area contributed by atoms with Crippen molar-refractivity contribution >= 4 is 22.4 Å². The summed E-state index contributed by atoms with van der Waals surface area (Å²) in [4.78, 5) is 35.0. The van der Waals surface area contributed by atoms with E-state index in [1.54, 1.807) is 18.3 Å². The maximum Gasteiger partial charge on any atom is 0.359 e. The molecule has 0 spiro atoms. The smallest absolute Gasteiger partial charge is 0.359 e. The van der Waals surface area contributed by atoms with Crippen molar-refractivity contribution in [2.75, 3.05) is 31.1 Å². The van der Waals surface area contributed by atoms with E-state index in [1.807, 2.05) is 41.3 Å².